The maximum Gasteiger partial charge on any atom is 0.254 e. The maximum absolute atomic E-state index is 14.1. The largest absolute Gasteiger partial charge is 0.482 e. The highest BCUT2D eigenvalue weighted by Crippen LogP contribution is 2.36. The molecule has 164 valence electrons. The number of benzene rings is 1. The molecule has 3 heterocycles. The molecule has 1 aliphatic rings. The van der Waals surface area contributed by atoms with E-state index in [-0.39, 0.29) is 17.8 Å². The van der Waals surface area contributed by atoms with Crippen LogP contribution in [0.2, 0.25) is 0 Å². The molecule has 1 aliphatic heterocycles. The number of halogens is 2. The fourth-order valence-electron chi connectivity index (χ4n) is 3.69. The predicted molar refractivity (Wildman–Crippen MR) is 118 cm³/mol. The van der Waals surface area contributed by atoms with Crippen molar-refractivity contribution < 1.29 is 13.9 Å². The number of carbonyl (C=O) groups excluding carboxylic acids is 1. The summed E-state index contributed by atoms with van der Waals surface area (Å²) in [4.78, 5) is 19.1. The van der Waals surface area contributed by atoms with Gasteiger partial charge in [0, 0.05) is 35.4 Å². The Labute approximate surface area is 192 Å². The quantitative estimate of drug-likeness (QED) is 0.571. The number of nitrogen functional groups attached to an aromatic ring is 1. The molecule has 1 fully saturated rings. The molecule has 1 aromatic carbocycles. The summed E-state index contributed by atoms with van der Waals surface area (Å²) >= 11 is 3.32. The van der Waals surface area contributed by atoms with Crippen LogP contribution in [0.25, 0.3) is 0 Å². The minimum Gasteiger partial charge on any atom is -0.482 e. The van der Waals surface area contributed by atoms with Crippen LogP contribution >= 0.6 is 15.9 Å². The molecular formula is C22H20BrFN6O2. The molecule has 0 aliphatic carbocycles. The van der Waals surface area contributed by atoms with Crippen molar-refractivity contribution in [2.45, 2.75) is 25.5 Å². The molecule has 2 atom stereocenters. The number of carbonyl (C=O) groups is 1. The molecule has 1 unspecified atom stereocenters. The number of hydrogen-bond donors (Lipinski definition) is 1. The molecule has 32 heavy (non-hydrogen) atoms. The Hall–Kier alpha value is -3.45. The molecule has 8 nitrogen and oxygen atoms in total. The molecular weight excluding hydrogens is 479 g/mol. The summed E-state index contributed by atoms with van der Waals surface area (Å²) in [7, 11) is 1.69. The molecule has 0 spiro atoms. The number of aromatic nitrogens is 3. The van der Waals surface area contributed by atoms with Gasteiger partial charge in [-0.25, -0.2) is 9.37 Å². The highest BCUT2D eigenvalue weighted by atomic mass is 79.9. The summed E-state index contributed by atoms with van der Waals surface area (Å²) in [6.45, 7) is 2.26. The van der Waals surface area contributed by atoms with Gasteiger partial charge in [0.15, 0.2) is 11.6 Å². The van der Waals surface area contributed by atoms with Crippen molar-refractivity contribution in [1.29, 1.82) is 5.26 Å². The van der Waals surface area contributed by atoms with Crippen LogP contribution in [0, 0.1) is 17.1 Å². The van der Waals surface area contributed by atoms with Gasteiger partial charge < -0.3 is 15.4 Å². The molecule has 3 aromatic rings. The summed E-state index contributed by atoms with van der Waals surface area (Å²) in [5.41, 5.74) is 7.71. The second-order valence-corrected chi connectivity index (χ2v) is 8.44. The average Bonchev–Trinajstić information content (AvgIpc) is 3.09. The number of aryl methyl sites for hydroxylation is 1. The first-order valence-electron chi connectivity index (χ1n) is 9.90. The highest BCUT2D eigenvalue weighted by molar-refractivity contribution is 9.10. The van der Waals surface area contributed by atoms with Crippen molar-refractivity contribution in [2.75, 3.05) is 12.3 Å². The normalized spacial score (nSPS) is 16.2. The number of rotatable bonds is 5. The standard InChI is InChI=1S/C22H20BrFN6O2/c1-12(32-20-7-13(23)11-27-21(20)26)17-8-14(24)3-4-16(17)22(31)30-6-5-19(30)18-9-15(10-25)29(2)28-18/h3-4,7-9,11-12,19H,5-6H2,1-2H3,(H2,26,27)/t12-,19?/m1/s1. The molecule has 1 amide bonds. The number of amides is 1. The van der Waals surface area contributed by atoms with Crippen molar-refractivity contribution in [2.24, 2.45) is 7.05 Å². The van der Waals surface area contributed by atoms with Gasteiger partial charge in [-0.3, -0.25) is 9.48 Å². The van der Waals surface area contributed by atoms with Gasteiger partial charge in [-0.2, -0.15) is 10.4 Å². The number of likely N-dealkylation sites (tertiary alicyclic amines) is 1. The number of pyridine rings is 1. The predicted octanol–water partition coefficient (Wildman–Crippen LogP) is 3.90. The lowest BCUT2D eigenvalue weighted by molar-refractivity contribution is 0.0445. The maximum atomic E-state index is 14.1. The van der Waals surface area contributed by atoms with E-state index in [2.05, 4.69) is 32.1 Å². The third-order valence-corrected chi connectivity index (χ3v) is 5.90. The van der Waals surface area contributed by atoms with Crippen molar-refractivity contribution in [3.05, 3.63) is 69.3 Å². The monoisotopic (exact) mass is 498 g/mol. The van der Waals surface area contributed by atoms with Crippen molar-refractivity contribution in [3.8, 4) is 11.8 Å². The topological polar surface area (TPSA) is 110 Å². The van der Waals surface area contributed by atoms with Crippen LogP contribution in [0.1, 0.15) is 52.8 Å². The Balaban J connectivity index is 1.62. The number of nitrogens with zero attached hydrogens (tertiary/aromatic N) is 5. The zero-order chi connectivity index (χ0) is 23.0. The zero-order valence-corrected chi connectivity index (χ0v) is 19.0. The Morgan fingerprint density at radius 1 is 1.41 bits per heavy atom. The fourth-order valence-corrected chi connectivity index (χ4v) is 4.00. The van der Waals surface area contributed by atoms with E-state index in [0.717, 1.165) is 6.42 Å². The minimum absolute atomic E-state index is 0.190. The molecule has 1 saturated heterocycles. The third-order valence-electron chi connectivity index (χ3n) is 5.47. The van der Waals surface area contributed by atoms with Gasteiger partial charge in [-0.15, -0.1) is 0 Å². The van der Waals surface area contributed by atoms with E-state index >= 15 is 0 Å². The number of ether oxygens (including phenoxy) is 1. The third kappa shape index (κ3) is 4.03. The molecule has 0 radical (unpaired) electrons. The van der Waals surface area contributed by atoms with Gasteiger partial charge in [0.2, 0.25) is 0 Å². The molecule has 2 aromatic heterocycles. The van der Waals surface area contributed by atoms with E-state index in [0.29, 0.717) is 39.3 Å². The number of nitrogens with two attached hydrogens (primary N) is 1. The van der Waals surface area contributed by atoms with Crippen LogP contribution in [0.3, 0.4) is 0 Å². The lowest BCUT2D eigenvalue weighted by Crippen LogP contribution is -2.45. The first-order valence-corrected chi connectivity index (χ1v) is 10.7. The van der Waals surface area contributed by atoms with Crippen molar-refractivity contribution in [1.82, 2.24) is 19.7 Å². The van der Waals surface area contributed by atoms with Crippen LogP contribution in [0.4, 0.5) is 10.2 Å². The van der Waals surface area contributed by atoms with Gasteiger partial charge in [-0.05, 0) is 59.6 Å². The lowest BCUT2D eigenvalue weighted by atomic mass is 9.95. The zero-order valence-electron chi connectivity index (χ0n) is 17.4. The molecule has 10 heteroatoms. The summed E-state index contributed by atoms with van der Waals surface area (Å²) in [6, 6.07) is 9.19. The smallest absolute Gasteiger partial charge is 0.254 e. The van der Waals surface area contributed by atoms with Gasteiger partial charge >= 0.3 is 0 Å². The number of hydrogen-bond acceptors (Lipinski definition) is 6. The SMILES string of the molecule is C[C@@H](Oc1cc(Br)cnc1N)c1cc(F)ccc1C(=O)N1CCC1c1cc(C#N)n(C)n1. The second kappa shape index (κ2) is 8.59. The van der Waals surface area contributed by atoms with E-state index in [1.807, 2.05) is 0 Å². The van der Waals surface area contributed by atoms with Crippen LogP contribution in [-0.4, -0.2) is 32.1 Å². The molecule has 0 bridgehead atoms. The summed E-state index contributed by atoms with van der Waals surface area (Å²) in [5.74, 6) is -0.212. The Bertz CT molecular complexity index is 1240. The lowest BCUT2D eigenvalue weighted by Gasteiger charge is -2.40. The van der Waals surface area contributed by atoms with Gasteiger partial charge in [0.25, 0.3) is 5.91 Å². The summed E-state index contributed by atoms with van der Waals surface area (Å²) in [6.07, 6.45) is 1.61. The molecule has 0 saturated carbocycles. The molecule has 4 rings (SSSR count). The van der Waals surface area contributed by atoms with E-state index in [4.69, 9.17) is 10.5 Å². The van der Waals surface area contributed by atoms with Gasteiger partial charge in [0.1, 0.15) is 23.7 Å². The van der Waals surface area contributed by atoms with Crippen LogP contribution in [0.5, 0.6) is 5.75 Å². The van der Waals surface area contributed by atoms with E-state index in [9.17, 15) is 14.4 Å². The van der Waals surface area contributed by atoms with E-state index in [1.165, 1.54) is 22.9 Å². The Morgan fingerprint density at radius 2 is 2.19 bits per heavy atom. The number of nitriles is 1. The first kappa shape index (κ1) is 21.8. The molecule has 2 N–H and O–H groups in total. The Kier molecular flexibility index (Phi) is 5.84. The van der Waals surface area contributed by atoms with E-state index < -0.39 is 11.9 Å². The van der Waals surface area contributed by atoms with Crippen LogP contribution in [0.15, 0.2) is 41.0 Å². The Morgan fingerprint density at radius 3 is 2.84 bits per heavy atom. The average molecular weight is 499 g/mol. The van der Waals surface area contributed by atoms with Crippen LogP contribution < -0.4 is 10.5 Å². The van der Waals surface area contributed by atoms with Crippen molar-refractivity contribution in [3.63, 3.8) is 0 Å². The summed E-state index contributed by atoms with van der Waals surface area (Å²) < 4.78 is 22.2. The first-order chi connectivity index (χ1) is 15.3. The van der Waals surface area contributed by atoms with Crippen LogP contribution in [-0.2, 0) is 7.05 Å². The van der Waals surface area contributed by atoms with Gasteiger partial charge in [0.05, 0.1) is 11.7 Å². The summed E-state index contributed by atoms with van der Waals surface area (Å²) in [5, 5.41) is 13.5. The van der Waals surface area contributed by atoms with E-state index in [1.54, 1.807) is 37.2 Å². The second-order valence-electron chi connectivity index (χ2n) is 7.52. The number of anilines is 1. The highest BCUT2D eigenvalue weighted by Gasteiger charge is 2.37. The minimum atomic E-state index is -0.664. The van der Waals surface area contributed by atoms with Gasteiger partial charge in [-0.1, -0.05) is 0 Å². The van der Waals surface area contributed by atoms with Crippen molar-refractivity contribution >= 4 is 27.7 Å². The fraction of sp³-hybridized carbons (Fsp3) is 0.273.